The van der Waals surface area contributed by atoms with Crippen LogP contribution in [0.1, 0.15) is 25.8 Å². The molecule has 0 amide bonds. The molecule has 1 aromatic rings. The van der Waals surface area contributed by atoms with E-state index < -0.39 is 11.6 Å². The van der Waals surface area contributed by atoms with E-state index in [4.69, 9.17) is 5.73 Å². The van der Waals surface area contributed by atoms with Gasteiger partial charge >= 0.3 is 0 Å². The van der Waals surface area contributed by atoms with Crippen molar-refractivity contribution in [2.24, 2.45) is 11.7 Å². The highest BCUT2D eigenvalue weighted by molar-refractivity contribution is 5.17. The highest BCUT2D eigenvalue weighted by atomic mass is 19.2. The molecule has 0 saturated heterocycles. The molecule has 18 heavy (non-hydrogen) atoms. The molecule has 4 heteroatoms. The second-order valence-corrected chi connectivity index (χ2v) is 5.18. The molecular weight excluding hydrogens is 234 g/mol. The summed E-state index contributed by atoms with van der Waals surface area (Å²) in [4.78, 5) is 2.06. The summed E-state index contributed by atoms with van der Waals surface area (Å²) in [6.07, 6.45) is 0.901. The van der Waals surface area contributed by atoms with Gasteiger partial charge in [0.25, 0.3) is 0 Å². The van der Waals surface area contributed by atoms with Gasteiger partial charge in [0.1, 0.15) is 0 Å². The van der Waals surface area contributed by atoms with Gasteiger partial charge < -0.3 is 10.6 Å². The second kappa shape index (κ2) is 6.81. The molecule has 1 aromatic carbocycles. The zero-order valence-electron chi connectivity index (χ0n) is 11.3. The zero-order valence-corrected chi connectivity index (χ0v) is 11.3. The van der Waals surface area contributed by atoms with Crippen LogP contribution < -0.4 is 5.73 Å². The van der Waals surface area contributed by atoms with Crippen LogP contribution in [-0.2, 0) is 6.54 Å². The standard InChI is InChI=1S/C14H22F2N2/c1-10(2)14(17)6-7-18(3)9-11-4-5-12(15)13(16)8-11/h4-5,8,10,14H,6-7,9,17H2,1-3H3. The molecular formula is C14H22F2N2. The van der Waals surface area contributed by atoms with E-state index in [-0.39, 0.29) is 6.04 Å². The number of halogens is 2. The van der Waals surface area contributed by atoms with Gasteiger partial charge in [-0.2, -0.15) is 0 Å². The summed E-state index contributed by atoms with van der Waals surface area (Å²) in [5, 5.41) is 0. The third kappa shape index (κ3) is 4.70. The molecule has 2 nitrogen and oxygen atoms in total. The van der Waals surface area contributed by atoms with E-state index in [1.54, 1.807) is 6.07 Å². The Labute approximate surface area is 108 Å². The van der Waals surface area contributed by atoms with E-state index in [9.17, 15) is 8.78 Å². The van der Waals surface area contributed by atoms with Crippen molar-refractivity contribution in [2.45, 2.75) is 32.9 Å². The average molecular weight is 256 g/mol. The van der Waals surface area contributed by atoms with Gasteiger partial charge in [-0.3, -0.25) is 0 Å². The lowest BCUT2D eigenvalue weighted by Crippen LogP contribution is -2.31. The van der Waals surface area contributed by atoms with Gasteiger partial charge in [0.15, 0.2) is 11.6 Å². The minimum atomic E-state index is -0.803. The van der Waals surface area contributed by atoms with E-state index in [2.05, 4.69) is 18.7 Å². The Kier molecular flexibility index (Phi) is 5.69. The number of hydrogen-bond acceptors (Lipinski definition) is 2. The zero-order chi connectivity index (χ0) is 13.7. The molecule has 102 valence electrons. The smallest absolute Gasteiger partial charge is 0.159 e. The highest BCUT2D eigenvalue weighted by Gasteiger charge is 2.10. The topological polar surface area (TPSA) is 29.3 Å². The van der Waals surface area contributed by atoms with E-state index in [0.29, 0.717) is 12.5 Å². The maximum atomic E-state index is 13.0. The quantitative estimate of drug-likeness (QED) is 0.848. The molecule has 0 radical (unpaired) electrons. The Hall–Kier alpha value is -1.00. The Morgan fingerprint density at radius 2 is 1.89 bits per heavy atom. The molecule has 2 N–H and O–H groups in total. The second-order valence-electron chi connectivity index (χ2n) is 5.18. The molecule has 0 aliphatic heterocycles. The van der Waals surface area contributed by atoms with Crippen molar-refractivity contribution < 1.29 is 8.78 Å². The summed E-state index contributed by atoms with van der Waals surface area (Å²) >= 11 is 0. The first-order chi connectivity index (χ1) is 8.40. The Balaban J connectivity index is 2.44. The number of nitrogens with two attached hydrogens (primary N) is 1. The molecule has 0 heterocycles. The lowest BCUT2D eigenvalue weighted by atomic mass is 10.0. The molecule has 0 aliphatic carbocycles. The summed E-state index contributed by atoms with van der Waals surface area (Å²) in [7, 11) is 1.95. The first kappa shape index (κ1) is 15.1. The Bertz CT molecular complexity index is 380. The number of rotatable bonds is 6. The first-order valence-electron chi connectivity index (χ1n) is 6.28. The minimum absolute atomic E-state index is 0.178. The normalized spacial score (nSPS) is 13.3. The fourth-order valence-corrected chi connectivity index (χ4v) is 1.73. The highest BCUT2D eigenvalue weighted by Crippen LogP contribution is 2.11. The van der Waals surface area contributed by atoms with Gasteiger partial charge in [0, 0.05) is 12.6 Å². The lowest BCUT2D eigenvalue weighted by molar-refractivity contribution is 0.296. The maximum Gasteiger partial charge on any atom is 0.159 e. The molecule has 0 spiro atoms. The van der Waals surface area contributed by atoms with Crippen molar-refractivity contribution in [3.05, 3.63) is 35.4 Å². The molecule has 0 saturated carbocycles. The summed E-state index contributed by atoms with van der Waals surface area (Å²) < 4.78 is 25.8. The predicted octanol–water partition coefficient (Wildman–Crippen LogP) is 2.77. The summed E-state index contributed by atoms with van der Waals surface area (Å²) in [6.45, 7) is 5.64. The number of hydrogen-bond donors (Lipinski definition) is 1. The molecule has 1 atom stereocenters. The van der Waals surface area contributed by atoms with E-state index in [0.717, 1.165) is 18.5 Å². The Morgan fingerprint density at radius 1 is 1.22 bits per heavy atom. The van der Waals surface area contributed by atoms with Crippen LogP contribution in [-0.4, -0.2) is 24.5 Å². The van der Waals surface area contributed by atoms with Gasteiger partial charge in [0.2, 0.25) is 0 Å². The van der Waals surface area contributed by atoms with Crippen molar-refractivity contribution in [2.75, 3.05) is 13.6 Å². The van der Waals surface area contributed by atoms with Gasteiger partial charge in [-0.05, 0) is 43.6 Å². The van der Waals surface area contributed by atoms with Crippen LogP contribution in [0.2, 0.25) is 0 Å². The van der Waals surface area contributed by atoms with Crippen LogP contribution >= 0.6 is 0 Å². The van der Waals surface area contributed by atoms with Gasteiger partial charge in [-0.15, -0.1) is 0 Å². The molecule has 0 fully saturated rings. The van der Waals surface area contributed by atoms with E-state index >= 15 is 0 Å². The summed E-state index contributed by atoms with van der Waals surface area (Å²) in [5.41, 5.74) is 6.74. The van der Waals surface area contributed by atoms with Crippen molar-refractivity contribution in [3.63, 3.8) is 0 Å². The first-order valence-corrected chi connectivity index (χ1v) is 6.28. The third-order valence-electron chi connectivity index (χ3n) is 3.14. The van der Waals surface area contributed by atoms with Crippen molar-refractivity contribution in [1.29, 1.82) is 0 Å². The molecule has 0 aliphatic rings. The van der Waals surface area contributed by atoms with Crippen LogP contribution in [0.5, 0.6) is 0 Å². The van der Waals surface area contributed by atoms with Crippen LogP contribution in [0.3, 0.4) is 0 Å². The summed E-state index contributed by atoms with van der Waals surface area (Å²) in [5.74, 6) is -1.13. The van der Waals surface area contributed by atoms with Crippen molar-refractivity contribution >= 4 is 0 Å². The fraction of sp³-hybridized carbons (Fsp3) is 0.571. The van der Waals surface area contributed by atoms with Crippen molar-refractivity contribution in [3.8, 4) is 0 Å². The molecule has 1 unspecified atom stereocenters. The van der Waals surface area contributed by atoms with Gasteiger partial charge in [-0.1, -0.05) is 19.9 Å². The van der Waals surface area contributed by atoms with Crippen molar-refractivity contribution in [1.82, 2.24) is 4.90 Å². The van der Waals surface area contributed by atoms with Gasteiger partial charge in [-0.25, -0.2) is 8.78 Å². The van der Waals surface area contributed by atoms with Crippen LogP contribution in [0.4, 0.5) is 8.78 Å². The minimum Gasteiger partial charge on any atom is -0.327 e. The average Bonchev–Trinajstić information content (AvgIpc) is 2.30. The molecule has 0 bridgehead atoms. The monoisotopic (exact) mass is 256 g/mol. The SMILES string of the molecule is CC(C)C(N)CCN(C)Cc1ccc(F)c(F)c1. The van der Waals surface area contributed by atoms with Crippen LogP contribution in [0, 0.1) is 17.6 Å². The van der Waals surface area contributed by atoms with E-state index in [1.807, 2.05) is 7.05 Å². The number of benzene rings is 1. The molecule has 1 rings (SSSR count). The van der Waals surface area contributed by atoms with Crippen LogP contribution in [0.25, 0.3) is 0 Å². The molecule has 0 aromatic heterocycles. The fourth-order valence-electron chi connectivity index (χ4n) is 1.73. The van der Waals surface area contributed by atoms with Gasteiger partial charge in [0.05, 0.1) is 0 Å². The van der Waals surface area contributed by atoms with E-state index in [1.165, 1.54) is 12.1 Å². The largest absolute Gasteiger partial charge is 0.327 e. The predicted molar refractivity (Wildman–Crippen MR) is 70.1 cm³/mol. The Morgan fingerprint density at radius 3 is 2.44 bits per heavy atom. The number of nitrogens with zero attached hydrogens (tertiary/aromatic N) is 1. The summed E-state index contributed by atoms with van der Waals surface area (Å²) in [6, 6.07) is 4.20. The third-order valence-corrected chi connectivity index (χ3v) is 3.14. The maximum absolute atomic E-state index is 13.0. The van der Waals surface area contributed by atoms with Crippen LogP contribution in [0.15, 0.2) is 18.2 Å². The lowest BCUT2D eigenvalue weighted by Gasteiger charge is -2.21.